The zero-order valence-corrected chi connectivity index (χ0v) is 10.1. The number of fused-ring (bicyclic) bond motifs is 1. The molecular weight excluding hydrogens is 214 g/mol. The molecule has 0 amide bonds. The molecule has 1 unspecified atom stereocenters. The van der Waals surface area contributed by atoms with Gasteiger partial charge in [0.2, 0.25) is 0 Å². The van der Waals surface area contributed by atoms with E-state index in [-0.39, 0.29) is 6.61 Å². The molecule has 3 nitrogen and oxygen atoms in total. The van der Waals surface area contributed by atoms with E-state index in [0.29, 0.717) is 5.75 Å². The minimum absolute atomic E-state index is 0.128. The largest absolute Gasteiger partial charge is 0.496 e. The number of hydrogen-bond donors (Lipinski definition) is 2. The van der Waals surface area contributed by atoms with E-state index in [2.05, 4.69) is 0 Å². The van der Waals surface area contributed by atoms with Crippen molar-refractivity contribution in [1.82, 2.24) is 0 Å². The fraction of sp³-hybridized carbons (Fsp3) is 0.286. The lowest BCUT2D eigenvalue weighted by Crippen LogP contribution is -2.37. The summed E-state index contributed by atoms with van der Waals surface area (Å²) in [5.74, 6) is 0.711. The van der Waals surface area contributed by atoms with Gasteiger partial charge in [-0.25, -0.2) is 0 Å². The van der Waals surface area contributed by atoms with Gasteiger partial charge in [-0.2, -0.15) is 0 Å². The second-order valence-corrected chi connectivity index (χ2v) is 4.44. The van der Waals surface area contributed by atoms with Gasteiger partial charge in [0.15, 0.2) is 0 Å². The molecule has 0 aliphatic heterocycles. The molecule has 0 bridgehead atoms. The highest BCUT2D eigenvalue weighted by Gasteiger charge is 2.26. The molecule has 2 aromatic carbocycles. The summed E-state index contributed by atoms with van der Waals surface area (Å²) in [6, 6.07) is 11.8. The highest BCUT2D eigenvalue weighted by molar-refractivity contribution is 5.88. The predicted molar refractivity (Wildman–Crippen MR) is 69.1 cm³/mol. The molecule has 17 heavy (non-hydrogen) atoms. The molecule has 0 radical (unpaired) electrons. The van der Waals surface area contributed by atoms with Gasteiger partial charge >= 0.3 is 0 Å². The molecule has 0 aromatic heterocycles. The number of aliphatic hydroxyl groups excluding tert-OH is 1. The van der Waals surface area contributed by atoms with E-state index >= 15 is 0 Å². The Labute approximate surface area is 101 Å². The van der Waals surface area contributed by atoms with Gasteiger partial charge in [-0.1, -0.05) is 30.3 Å². The first-order chi connectivity index (χ1) is 8.10. The number of nitrogens with two attached hydrogens (primary N) is 1. The summed E-state index contributed by atoms with van der Waals surface area (Å²) in [7, 11) is 1.61. The molecule has 0 aliphatic carbocycles. The normalized spacial score (nSPS) is 14.6. The van der Waals surface area contributed by atoms with Crippen LogP contribution in [0, 0.1) is 0 Å². The number of methoxy groups -OCH3 is 1. The third-order valence-corrected chi connectivity index (χ3v) is 3.01. The number of rotatable bonds is 3. The van der Waals surface area contributed by atoms with Crippen LogP contribution in [0.1, 0.15) is 12.5 Å². The molecule has 2 aromatic rings. The van der Waals surface area contributed by atoms with Crippen molar-refractivity contribution < 1.29 is 9.84 Å². The maximum atomic E-state index is 9.45. The van der Waals surface area contributed by atoms with Crippen molar-refractivity contribution in [2.45, 2.75) is 12.5 Å². The van der Waals surface area contributed by atoms with E-state index in [1.165, 1.54) is 0 Å². The fourth-order valence-electron chi connectivity index (χ4n) is 2.09. The first kappa shape index (κ1) is 11.9. The van der Waals surface area contributed by atoms with Crippen LogP contribution in [0.3, 0.4) is 0 Å². The van der Waals surface area contributed by atoms with Crippen LogP contribution in [0.15, 0.2) is 36.4 Å². The van der Waals surface area contributed by atoms with Crippen LogP contribution in [0.25, 0.3) is 10.8 Å². The third kappa shape index (κ3) is 1.99. The maximum Gasteiger partial charge on any atom is 0.124 e. The van der Waals surface area contributed by atoms with Crippen LogP contribution in [0.4, 0.5) is 0 Å². The van der Waals surface area contributed by atoms with Crippen molar-refractivity contribution >= 4 is 10.8 Å². The Morgan fingerprint density at radius 1 is 1.24 bits per heavy atom. The topological polar surface area (TPSA) is 55.5 Å². The zero-order valence-electron chi connectivity index (χ0n) is 10.1. The van der Waals surface area contributed by atoms with Crippen molar-refractivity contribution in [1.29, 1.82) is 0 Å². The first-order valence-corrected chi connectivity index (χ1v) is 5.56. The Kier molecular flexibility index (Phi) is 3.05. The summed E-state index contributed by atoms with van der Waals surface area (Å²) >= 11 is 0. The summed E-state index contributed by atoms with van der Waals surface area (Å²) in [4.78, 5) is 0. The fourth-order valence-corrected chi connectivity index (χ4v) is 2.09. The average Bonchev–Trinajstić information content (AvgIpc) is 2.37. The lowest BCUT2D eigenvalue weighted by Gasteiger charge is -2.26. The van der Waals surface area contributed by atoms with Crippen LogP contribution in [0.5, 0.6) is 5.75 Å². The molecule has 0 heterocycles. The Bertz CT molecular complexity index is 535. The van der Waals surface area contributed by atoms with Gasteiger partial charge in [0.25, 0.3) is 0 Å². The molecule has 3 heteroatoms. The Morgan fingerprint density at radius 2 is 1.94 bits per heavy atom. The summed E-state index contributed by atoms with van der Waals surface area (Å²) in [5, 5.41) is 11.6. The highest BCUT2D eigenvalue weighted by Crippen LogP contribution is 2.34. The molecule has 1 atom stereocenters. The number of aliphatic hydroxyl groups is 1. The zero-order chi connectivity index (χ0) is 12.5. The Morgan fingerprint density at radius 3 is 2.59 bits per heavy atom. The van der Waals surface area contributed by atoms with E-state index < -0.39 is 5.54 Å². The molecule has 0 saturated heterocycles. The summed E-state index contributed by atoms with van der Waals surface area (Å²) < 4.78 is 5.35. The van der Waals surface area contributed by atoms with Gasteiger partial charge in [-0.3, -0.25) is 0 Å². The summed E-state index contributed by atoms with van der Waals surface area (Å²) in [6.07, 6.45) is 0. The predicted octanol–water partition coefficient (Wildman–Crippen LogP) is 2.01. The Balaban J connectivity index is 2.80. The minimum atomic E-state index is -0.813. The van der Waals surface area contributed by atoms with Gasteiger partial charge < -0.3 is 15.6 Å². The lowest BCUT2D eigenvalue weighted by molar-refractivity contribution is 0.207. The van der Waals surface area contributed by atoms with Gasteiger partial charge in [0, 0.05) is 5.56 Å². The smallest absolute Gasteiger partial charge is 0.124 e. The van der Waals surface area contributed by atoms with E-state index in [1.54, 1.807) is 14.0 Å². The van der Waals surface area contributed by atoms with Crippen molar-refractivity contribution in [3.63, 3.8) is 0 Å². The van der Waals surface area contributed by atoms with Gasteiger partial charge in [-0.15, -0.1) is 0 Å². The summed E-state index contributed by atoms with van der Waals surface area (Å²) in [5.41, 5.74) is 6.18. The quantitative estimate of drug-likeness (QED) is 0.849. The molecule has 0 aliphatic rings. The van der Waals surface area contributed by atoms with Crippen molar-refractivity contribution in [3.05, 3.63) is 42.0 Å². The standard InChI is InChI=1S/C14H17NO2/c1-14(15,9-16)13-11-6-4-3-5-10(11)7-8-12(13)17-2/h3-8,16H,9,15H2,1-2H3. The van der Waals surface area contributed by atoms with Crippen LogP contribution in [0.2, 0.25) is 0 Å². The van der Waals surface area contributed by atoms with E-state index in [0.717, 1.165) is 16.3 Å². The van der Waals surface area contributed by atoms with Crippen LogP contribution < -0.4 is 10.5 Å². The molecule has 0 spiro atoms. The Hall–Kier alpha value is -1.58. The van der Waals surface area contributed by atoms with Crippen LogP contribution >= 0.6 is 0 Å². The number of ether oxygens (including phenoxy) is 1. The first-order valence-electron chi connectivity index (χ1n) is 5.56. The molecular formula is C14H17NO2. The minimum Gasteiger partial charge on any atom is -0.496 e. The van der Waals surface area contributed by atoms with E-state index in [1.807, 2.05) is 36.4 Å². The molecule has 3 N–H and O–H groups in total. The SMILES string of the molecule is COc1ccc2ccccc2c1C(C)(N)CO. The number of benzene rings is 2. The van der Waals surface area contributed by atoms with Gasteiger partial charge in [0.05, 0.1) is 19.3 Å². The van der Waals surface area contributed by atoms with Gasteiger partial charge in [0.1, 0.15) is 5.75 Å². The van der Waals surface area contributed by atoms with Crippen LogP contribution in [-0.2, 0) is 5.54 Å². The summed E-state index contributed by atoms with van der Waals surface area (Å²) in [6.45, 7) is 1.68. The highest BCUT2D eigenvalue weighted by atomic mass is 16.5. The average molecular weight is 231 g/mol. The molecule has 90 valence electrons. The molecule has 2 rings (SSSR count). The maximum absolute atomic E-state index is 9.45. The van der Waals surface area contributed by atoms with Crippen molar-refractivity contribution in [2.75, 3.05) is 13.7 Å². The van der Waals surface area contributed by atoms with Gasteiger partial charge in [-0.05, 0) is 23.8 Å². The monoisotopic (exact) mass is 231 g/mol. The van der Waals surface area contributed by atoms with Crippen LogP contribution in [-0.4, -0.2) is 18.8 Å². The van der Waals surface area contributed by atoms with E-state index in [4.69, 9.17) is 10.5 Å². The second-order valence-electron chi connectivity index (χ2n) is 4.44. The third-order valence-electron chi connectivity index (χ3n) is 3.01. The van der Waals surface area contributed by atoms with Crippen molar-refractivity contribution in [3.8, 4) is 5.75 Å². The lowest BCUT2D eigenvalue weighted by atomic mass is 9.88. The van der Waals surface area contributed by atoms with Crippen molar-refractivity contribution in [2.24, 2.45) is 5.73 Å². The number of hydrogen-bond acceptors (Lipinski definition) is 3. The molecule has 0 fully saturated rings. The second kappa shape index (κ2) is 4.35. The molecule has 0 saturated carbocycles. The van der Waals surface area contributed by atoms with E-state index in [9.17, 15) is 5.11 Å².